The van der Waals surface area contributed by atoms with Gasteiger partial charge >= 0.3 is 5.69 Å². The number of likely N-dealkylation sites (tertiary alicyclic amines) is 1. The van der Waals surface area contributed by atoms with Gasteiger partial charge in [0.1, 0.15) is 11.5 Å². The van der Waals surface area contributed by atoms with Crippen LogP contribution in [0.25, 0.3) is 11.0 Å². The van der Waals surface area contributed by atoms with E-state index in [1.807, 2.05) is 33.7 Å². The molecule has 2 saturated heterocycles. The highest BCUT2D eigenvalue weighted by atomic mass is 16.5. The van der Waals surface area contributed by atoms with Crippen LogP contribution < -0.4 is 20.1 Å². The van der Waals surface area contributed by atoms with Crippen LogP contribution in [0, 0.1) is 5.92 Å². The number of fused-ring (bicyclic) bond motifs is 1. The molecule has 2 amide bonds. The Hall–Kier alpha value is -3.75. The molecule has 2 aromatic carbocycles. The summed E-state index contributed by atoms with van der Waals surface area (Å²) in [6, 6.07) is 13.0. The highest BCUT2D eigenvalue weighted by Crippen LogP contribution is 2.36. The van der Waals surface area contributed by atoms with Crippen LogP contribution in [0.2, 0.25) is 0 Å². The van der Waals surface area contributed by atoms with Crippen LogP contribution in [0.1, 0.15) is 25.3 Å². The van der Waals surface area contributed by atoms with Gasteiger partial charge < -0.3 is 24.3 Å². The average molecular weight is 465 g/mol. The number of aromatic nitrogens is 2. The second kappa shape index (κ2) is 8.89. The molecule has 34 heavy (non-hydrogen) atoms. The predicted octanol–water partition coefficient (Wildman–Crippen LogP) is 2.56. The summed E-state index contributed by atoms with van der Waals surface area (Å²) < 4.78 is 12.5. The molecule has 5 rings (SSSR count). The number of amides is 2. The number of anilines is 1. The van der Waals surface area contributed by atoms with Crippen LogP contribution in [0.15, 0.2) is 47.3 Å². The number of piperidine rings is 1. The monoisotopic (exact) mass is 464 g/mol. The smallest absolute Gasteiger partial charge is 0.326 e. The van der Waals surface area contributed by atoms with Gasteiger partial charge in [-0.2, -0.15) is 0 Å². The fourth-order valence-corrected chi connectivity index (χ4v) is 5.15. The number of nitrogens with one attached hydrogen (secondary N) is 1. The Morgan fingerprint density at radius 3 is 2.53 bits per heavy atom. The summed E-state index contributed by atoms with van der Waals surface area (Å²) in [5.41, 5.74) is 2.24. The summed E-state index contributed by atoms with van der Waals surface area (Å²) in [7, 11) is 3.12. The zero-order valence-corrected chi connectivity index (χ0v) is 19.3. The van der Waals surface area contributed by atoms with Crippen molar-refractivity contribution < 1.29 is 19.1 Å². The molecule has 0 aliphatic carbocycles. The number of rotatable bonds is 5. The third kappa shape index (κ3) is 3.81. The van der Waals surface area contributed by atoms with Crippen molar-refractivity contribution in [3.63, 3.8) is 0 Å². The molecule has 178 valence electrons. The summed E-state index contributed by atoms with van der Waals surface area (Å²) in [4.78, 5) is 45.0. The lowest BCUT2D eigenvalue weighted by molar-refractivity contribution is -0.137. The van der Waals surface area contributed by atoms with E-state index in [-0.39, 0.29) is 30.0 Å². The quantitative estimate of drug-likeness (QED) is 0.626. The van der Waals surface area contributed by atoms with E-state index in [4.69, 9.17) is 9.47 Å². The number of carbonyl (C=O) groups is 2. The molecule has 0 saturated carbocycles. The number of H-pyrrole nitrogens is 1. The first-order chi connectivity index (χ1) is 16.5. The Kier molecular flexibility index (Phi) is 5.77. The van der Waals surface area contributed by atoms with E-state index in [9.17, 15) is 14.4 Å². The van der Waals surface area contributed by atoms with Crippen LogP contribution in [0.3, 0.4) is 0 Å². The van der Waals surface area contributed by atoms with E-state index in [0.29, 0.717) is 49.7 Å². The molecule has 9 nitrogen and oxygen atoms in total. The van der Waals surface area contributed by atoms with Gasteiger partial charge in [0.05, 0.1) is 36.9 Å². The van der Waals surface area contributed by atoms with Gasteiger partial charge in [0.25, 0.3) is 0 Å². The first kappa shape index (κ1) is 22.1. The Balaban J connectivity index is 1.26. The number of aromatic amines is 1. The molecule has 9 heteroatoms. The topological polar surface area (TPSA) is 96.9 Å². The Morgan fingerprint density at radius 2 is 1.79 bits per heavy atom. The van der Waals surface area contributed by atoms with Crippen LogP contribution in [-0.4, -0.2) is 60.1 Å². The highest BCUT2D eigenvalue weighted by molar-refractivity contribution is 6.01. The maximum atomic E-state index is 13.3. The standard InChI is InChI=1S/C25H28N4O5/c1-33-18-7-8-21(22(14-18)34-2)28-15-16(13-23(28)30)24(31)27-11-9-17(10-12-27)29-20-6-4-3-5-19(20)26-25(29)32/h3-8,14,16-17H,9-13,15H2,1-2H3,(H,26,32). The van der Waals surface area contributed by atoms with E-state index in [0.717, 1.165) is 11.0 Å². The number of hydrogen-bond acceptors (Lipinski definition) is 5. The molecule has 0 radical (unpaired) electrons. The van der Waals surface area contributed by atoms with Crippen molar-refractivity contribution in [1.82, 2.24) is 14.5 Å². The summed E-state index contributed by atoms with van der Waals surface area (Å²) >= 11 is 0. The zero-order valence-electron chi connectivity index (χ0n) is 19.3. The van der Waals surface area contributed by atoms with E-state index in [2.05, 4.69) is 4.98 Å². The molecule has 2 aliphatic heterocycles. The minimum atomic E-state index is -0.397. The van der Waals surface area contributed by atoms with Gasteiger partial charge in [0.2, 0.25) is 11.8 Å². The first-order valence-electron chi connectivity index (χ1n) is 11.5. The minimum absolute atomic E-state index is 0.00643. The van der Waals surface area contributed by atoms with Crippen molar-refractivity contribution in [1.29, 1.82) is 0 Å². The average Bonchev–Trinajstić information content (AvgIpc) is 3.42. The molecule has 1 N–H and O–H groups in total. The van der Waals surface area contributed by atoms with Crippen LogP contribution >= 0.6 is 0 Å². The van der Waals surface area contributed by atoms with Crippen molar-refractivity contribution >= 4 is 28.5 Å². The molecular formula is C25H28N4O5. The van der Waals surface area contributed by atoms with Crippen molar-refractivity contribution in [3.8, 4) is 11.5 Å². The largest absolute Gasteiger partial charge is 0.497 e. The molecule has 3 aromatic rings. The Morgan fingerprint density at radius 1 is 1.03 bits per heavy atom. The molecule has 1 unspecified atom stereocenters. The fourth-order valence-electron chi connectivity index (χ4n) is 5.15. The van der Waals surface area contributed by atoms with Gasteiger partial charge in [-0.3, -0.25) is 14.2 Å². The number of ether oxygens (including phenoxy) is 2. The molecule has 2 aliphatic rings. The predicted molar refractivity (Wildman–Crippen MR) is 127 cm³/mol. The van der Waals surface area contributed by atoms with Crippen molar-refractivity contribution in [2.75, 3.05) is 38.8 Å². The van der Waals surface area contributed by atoms with Crippen molar-refractivity contribution in [2.45, 2.75) is 25.3 Å². The van der Waals surface area contributed by atoms with E-state index >= 15 is 0 Å². The molecule has 2 fully saturated rings. The highest BCUT2D eigenvalue weighted by Gasteiger charge is 2.39. The molecule has 1 atom stereocenters. The van der Waals surface area contributed by atoms with E-state index in [1.54, 1.807) is 37.3 Å². The lowest BCUT2D eigenvalue weighted by atomic mass is 10.0. The lowest BCUT2D eigenvalue weighted by Gasteiger charge is -2.34. The van der Waals surface area contributed by atoms with Gasteiger partial charge in [-0.05, 0) is 37.1 Å². The number of para-hydroxylation sites is 2. The van der Waals surface area contributed by atoms with E-state index < -0.39 is 5.92 Å². The number of carbonyl (C=O) groups excluding carboxylic acids is 2. The normalized spacial score (nSPS) is 19.1. The third-order valence-corrected chi connectivity index (χ3v) is 6.92. The molecular weight excluding hydrogens is 436 g/mol. The summed E-state index contributed by atoms with van der Waals surface area (Å²) in [5, 5.41) is 0. The maximum Gasteiger partial charge on any atom is 0.326 e. The molecule has 1 aromatic heterocycles. The number of methoxy groups -OCH3 is 2. The summed E-state index contributed by atoms with van der Waals surface area (Å²) in [5.74, 6) is 0.671. The molecule has 0 spiro atoms. The third-order valence-electron chi connectivity index (χ3n) is 6.92. The van der Waals surface area contributed by atoms with Gasteiger partial charge in [0.15, 0.2) is 0 Å². The number of imidazole rings is 1. The maximum absolute atomic E-state index is 13.3. The summed E-state index contributed by atoms with van der Waals surface area (Å²) in [6.07, 6.45) is 1.57. The number of nitrogens with zero attached hydrogens (tertiary/aromatic N) is 3. The van der Waals surface area contributed by atoms with Gasteiger partial charge in [0, 0.05) is 38.2 Å². The van der Waals surface area contributed by atoms with Crippen LogP contribution in [0.4, 0.5) is 5.69 Å². The van der Waals surface area contributed by atoms with E-state index in [1.165, 1.54) is 0 Å². The second-order valence-corrected chi connectivity index (χ2v) is 8.82. The second-order valence-electron chi connectivity index (χ2n) is 8.82. The minimum Gasteiger partial charge on any atom is -0.497 e. The van der Waals surface area contributed by atoms with Crippen molar-refractivity contribution in [3.05, 3.63) is 52.9 Å². The first-order valence-corrected chi connectivity index (χ1v) is 11.5. The van der Waals surface area contributed by atoms with Gasteiger partial charge in [-0.15, -0.1) is 0 Å². The number of benzene rings is 2. The molecule has 0 bridgehead atoms. The molecule has 3 heterocycles. The zero-order chi connectivity index (χ0) is 23.8. The summed E-state index contributed by atoms with van der Waals surface area (Å²) in [6.45, 7) is 1.44. The Labute approximate surface area is 196 Å². The number of hydrogen-bond donors (Lipinski definition) is 1. The van der Waals surface area contributed by atoms with Gasteiger partial charge in [-0.25, -0.2) is 4.79 Å². The van der Waals surface area contributed by atoms with Crippen LogP contribution in [-0.2, 0) is 9.59 Å². The van der Waals surface area contributed by atoms with Crippen molar-refractivity contribution in [2.24, 2.45) is 5.92 Å². The lowest BCUT2D eigenvalue weighted by Crippen LogP contribution is -2.43. The van der Waals surface area contributed by atoms with Gasteiger partial charge in [-0.1, -0.05) is 12.1 Å². The Bertz CT molecular complexity index is 1290. The SMILES string of the molecule is COc1ccc(N2CC(C(=O)N3CCC(n4c(=O)[nH]c5ccccc54)CC3)CC2=O)c(OC)c1. The van der Waals surface area contributed by atoms with Crippen LogP contribution in [0.5, 0.6) is 11.5 Å². The fraction of sp³-hybridized carbons (Fsp3) is 0.400.